The van der Waals surface area contributed by atoms with Crippen LogP contribution >= 0.6 is 0 Å². The third kappa shape index (κ3) is 3.31. The Morgan fingerprint density at radius 1 is 1.00 bits per heavy atom. The Balaban J connectivity index is 1.69. The molecule has 0 bridgehead atoms. The number of methoxy groups -OCH3 is 2. The van der Waals surface area contributed by atoms with Gasteiger partial charge in [-0.05, 0) is 36.2 Å². The van der Waals surface area contributed by atoms with E-state index < -0.39 is 0 Å². The highest BCUT2D eigenvalue weighted by molar-refractivity contribution is 5.85. The predicted octanol–water partition coefficient (Wildman–Crippen LogP) is 2.70. The second-order valence-electron chi connectivity index (χ2n) is 4.96. The van der Waals surface area contributed by atoms with Crippen LogP contribution in [0.25, 0.3) is 11.0 Å². The zero-order chi connectivity index (χ0) is 16.1. The Hall–Kier alpha value is -2.89. The maximum Gasteiger partial charge on any atom is 0.164 e. The maximum atomic E-state index is 5.32. The van der Waals surface area contributed by atoms with E-state index in [1.807, 2.05) is 30.3 Å². The molecule has 0 atom stereocenters. The number of fused-ring (bicyclic) bond motifs is 1. The summed E-state index contributed by atoms with van der Waals surface area (Å²) < 4.78 is 10.6. The van der Waals surface area contributed by atoms with Gasteiger partial charge in [0, 0.05) is 12.7 Å². The summed E-state index contributed by atoms with van der Waals surface area (Å²) in [5.41, 5.74) is 1.85. The van der Waals surface area contributed by atoms with Gasteiger partial charge in [0.2, 0.25) is 0 Å². The topological polar surface area (TPSA) is 69.2 Å². The second-order valence-corrected chi connectivity index (χ2v) is 4.96. The molecule has 6 heteroatoms. The minimum atomic E-state index is 0.691. The quantitative estimate of drug-likeness (QED) is 0.755. The van der Waals surface area contributed by atoms with Gasteiger partial charge in [0.15, 0.2) is 17.1 Å². The van der Waals surface area contributed by atoms with Crippen LogP contribution in [0.3, 0.4) is 0 Å². The molecule has 2 aromatic heterocycles. The molecule has 0 fully saturated rings. The van der Waals surface area contributed by atoms with Gasteiger partial charge in [0.25, 0.3) is 0 Å². The van der Waals surface area contributed by atoms with E-state index in [4.69, 9.17) is 9.47 Å². The number of aromatic nitrogens is 3. The van der Waals surface area contributed by atoms with E-state index in [0.29, 0.717) is 5.65 Å². The van der Waals surface area contributed by atoms with E-state index in [2.05, 4.69) is 20.3 Å². The van der Waals surface area contributed by atoms with Gasteiger partial charge in [-0.3, -0.25) is 0 Å². The molecule has 0 saturated heterocycles. The molecule has 0 aliphatic heterocycles. The standard InChI is InChI=1S/C17H18N4O2/c1-22-14-6-5-12(10-15(14)23-2)7-9-19-17-13-4-3-8-18-16(13)20-11-21-17/h3-6,8,10-11H,7,9H2,1-2H3,(H,18,19,20,21). The first-order valence-electron chi connectivity index (χ1n) is 7.32. The molecular formula is C17H18N4O2. The Morgan fingerprint density at radius 2 is 1.87 bits per heavy atom. The molecule has 0 unspecified atom stereocenters. The van der Waals surface area contributed by atoms with Crippen molar-refractivity contribution >= 4 is 16.9 Å². The summed E-state index contributed by atoms with van der Waals surface area (Å²) >= 11 is 0. The van der Waals surface area contributed by atoms with Crippen molar-refractivity contribution in [1.29, 1.82) is 0 Å². The molecule has 6 nitrogen and oxygen atoms in total. The van der Waals surface area contributed by atoms with Crippen molar-refractivity contribution in [1.82, 2.24) is 15.0 Å². The number of nitrogens with one attached hydrogen (secondary N) is 1. The SMILES string of the molecule is COc1ccc(CCNc2ncnc3ncccc23)cc1OC. The second kappa shape index (κ2) is 6.91. The number of pyridine rings is 1. The van der Waals surface area contributed by atoms with Crippen LogP contribution < -0.4 is 14.8 Å². The van der Waals surface area contributed by atoms with E-state index >= 15 is 0 Å². The van der Waals surface area contributed by atoms with Gasteiger partial charge in [-0.1, -0.05) is 6.07 Å². The first kappa shape index (κ1) is 15.0. The first-order valence-corrected chi connectivity index (χ1v) is 7.32. The molecule has 0 aliphatic rings. The molecule has 0 amide bonds. The summed E-state index contributed by atoms with van der Waals surface area (Å²) in [6, 6.07) is 9.77. The molecule has 0 spiro atoms. The van der Waals surface area contributed by atoms with Crippen LogP contribution in [-0.2, 0) is 6.42 Å². The zero-order valence-corrected chi connectivity index (χ0v) is 13.1. The molecule has 118 valence electrons. The molecular weight excluding hydrogens is 292 g/mol. The normalized spacial score (nSPS) is 10.5. The average molecular weight is 310 g/mol. The number of hydrogen-bond donors (Lipinski definition) is 1. The fourth-order valence-electron chi connectivity index (χ4n) is 2.40. The van der Waals surface area contributed by atoms with E-state index in [1.165, 1.54) is 6.33 Å². The smallest absolute Gasteiger partial charge is 0.164 e. The summed E-state index contributed by atoms with van der Waals surface area (Å²) in [4.78, 5) is 12.7. The summed E-state index contributed by atoms with van der Waals surface area (Å²) in [5.74, 6) is 2.27. The lowest BCUT2D eigenvalue weighted by Crippen LogP contribution is -2.07. The average Bonchev–Trinajstić information content (AvgIpc) is 2.61. The van der Waals surface area contributed by atoms with E-state index in [0.717, 1.165) is 41.2 Å². The van der Waals surface area contributed by atoms with Crippen molar-refractivity contribution in [3.63, 3.8) is 0 Å². The highest BCUT2D eigenvalue weighted by Crippen LogP contribution is 2.27. The molecule has 1 N–H and O–H groups in total. The molecule has 3 aromatic rings. The Morgan fingerprint density at radius 3 is 2.70 bits per heavy atom. The number of rotatable bonds is 6. The number of nitrogens with zero attached hydrogens (tertiary/aromatic N) is 3. The highest BCUT2D eigenvalue weighted by atomic mass is 16.5. The Kier molecular flexibility index (Phi) is 4.52. The summed E-state index contributed by atoms with van der Waals surface area (Å²) in [6.07, 6.45) is 4.09. The molecule has 0 saturated carbocycles. The Bertz CT molecular complexity index is 802. The third-order valence-corrected chi connectivity index (χ3v) is 3.56. The van der Waals surface area contributed by atoms with Crippen molar-refractivity contribution in [3.05, 3.63) is 48.4 Å². The zero-order valence-electron chi connectivity index (χ0n) is 13.1. The van der Waals surface area contributed by atoms with Crippen LogP contribution in [0.1, 0.15) is 5.56 Å². The van der Waals surface area contributed by atoms with Crippen molar-refractivity contribution in [2.24, 2.45) is 0 Å². The monoisotopic (exact) mass is 310 g/mol. The summed E-state index contributed by atoms with van der Waals surface area (Å²) in [6.45, 7) is 0.747. The number of anilines is 1. The maximum absolute atomic E-state index is 5.32. The van der Waals surface area contributed by atoms with Crippen molar-refractivity contribution in [2.45, 2.75) is 6.42 Å². The molecule has 1 aromatic carbocycles. The van der Waals surface area contributed by atoms with E-state index in [1.54, 1.807) is 20.4 Å². The molecule has 3 rings (SSSR count). The number of ether oxygens (including phenoxy) is 2. The van der Waals surface area contributed by atoms with Crippen molar-refractivity contribution < 1.29 is 9.47 Å². The number of hydrogen-bond acceptors (Lipinski definition) is 6. The fraction of sp³-hybridized carbons (Fsp3) is 0.235. The van der Waals surface area contributed by atoms with Crippen LogP contribution in [-0.4, -0.2) is 35.7 Å². The lowest BCUT2D eigenvalue weighted by atomic mass is 10.1. The van der Waals surface area contributed by atoms with Gasteiger partial charge in [-0.15, -0.1) is 0 Å². The van der Waals surface area contributed by atoms with Gasteiger partial charge in [0.05, 0.1) is 19.6 Å². The van der Waals surface area contributed by atoms with Crippen molar-refractivity contribution in [3.8, 4) is 11.5 Å². The lowest BCUT2D eigenvalue weighted by molar-refractivity contribution is 0.354. The van der Waals surface area contributed by atoms with Crippen LogP contribution in [0.5, 0.6) is 11.5 Å². The van der Waals surface area contributed by atoms with Crippen molar-refractivity contribution in [2.75, 3.05) is 26.1 Å². The van der Waals surface area contributed by atoms with Crippen LogP contribution in [0.2, 0.25) is 0 Å². The predicted molar refractivity (Wildman–Crippen MR) is 89.1 cm³/mol. The molecule has 2 heterocycles. The Labute approximate surface area is 134 Å². The van der Waals surface area contributed by atoms with Crippen LogP contribution in [0.15, 0.2) is 42.9 Å². The lowest BCUT2D eigenvalue weighted by Gasteiger charge is -2.11. The van der Waals surface area contributed by atoms with E-state index in [9.17, 15) is 0 Å². The number of benzene rings is 1. The molecule has 0 radical (unpaired) electrons. The molecule has 0 aliphatic carbocycles. The summed E-state index contributed by atoms with van der Waals surface area (Å²) in [5, 5.41) is 4.26. The van der Waals surface area contributed by atoms with Gasteiger partial charge in [-0.2, -0.15) is 0 Å². The van der Waals surface area contributed by atoms with Gasteiger partial charge >= 0.3 is 0 Å². The minimum absolute atomic E-state index is 0.691. The highest BCUT2D eigenvalue weighted by Gasteiger charge is 2.06. The van der Waals surface area contributed by atoms with Gasteiger partial charge in [0.1, 0.15) is 12.1 Å². The van der Waals surface area contributed by atoms with Gasteiger partial charge < -0.3 is 14.8 Å². The summed E-state index contributed by atoms with van der Waals surface area (Å²) in [7, 11) is 3.27. The van der Waals surface area contributed by atoms with Crippen LogP contribution in [0, 0.1) is 0 Å². The van der Waals surface area contributed by atoms with E-state index in [-0.39, 0.29) is 0 Å². The van der Waals surface area contributed by atoms with Gasteiger partial charge in [-0.25, -0.2) is 15.0 Å². The van der Waals surface area contributed by atoms with Crippen LogP contribution in [0.4, 0.5) is 5.82 Å². The molecule has 23 heavy (non-hydrogen) atoms. The minimum Gasteiger partial charge on any atom is -0.493 e. The fourth-order valence-corrected chi connectivity index (χ4v) is 2.40. The first-order chi connectivity index (χ1) is 11.3. The third-order valence-electron chi connectivity index (χ3n) is 3.56. The largest absolute Gasteiger partial charge is 0.493 e.